The Labute approximate surface area is 111 Å². The maximum atomic E-state index is 5.78. The van der Waals surface area contributed by atoms with E-state index in [-0.39, 0.29) is 5.60 Å². The summed E-state index contributed by atoms with van der Waals surface area (Å²) in [4.78, 5) is 0. The first kappa shape index (κ1) is 15.4. The summed E-state index contributed by atoms with van der Waals surface area (Å²) in [6.07, 6.45) is 0. The SMILES string of the molecule is COCC1=C(C)C(C)(OC)C(C)=C(C)C1(C)OC. The lowest BCUT2D eigenvalue weighted by Gasteiger charge is -2.46. The van der Waals surface area contributed by atoms with Crippen LogP contribution in [0.1, 0.15) is 34.6 Å². The van der Waals surface area contributed by atoms with Gasteiger partial charge in [-0.25, -0.2) is 0 Å². The summed E-state index contributed by atoms with van der Waals surface area (Å²) < 4.78 is 16.9. The molecule has 0 saturated heterocycles. The molecule has 0 fully saturated rings. The Kier molecular flexibility index (Phi) is 4.42. The van der Waals surface area contributed by atoms with Gasteiger partial charge in [0.1, 0.15) is 11.2 Å². The molecule has 0 aromatic rings. The summed E-state index contributed by atoms with van der Waals surface area (Å²) in [5.41, 5.74) is 3.98. The molecule has 0 N–H and O–H groups in total. The van der Waals surface area contributed by atoms with Crippen molar-refractivity contribution in [2.24, 2.45) is 0 Å². The average Bonchev–Trinajstić information content (AvgIpc) is 2.39. The Morgan fingerprint density at radius 3 is 1.61 bits per heavy atom. The van der Waals surface area contributed by atoms with Crippen molar-refractivity contribution < 1.29 is 14.2 Å². The van der Waals surface area contributed by atoms with Gasteiger partial charge in [-0.1, -0.05) is 0 Å². The van der Waals surface area contributed by atoms with Crippen LogP contribution in [0.2, 0.25) is 0 Å². The van der Waals surface area contributed by atoms with Crippen LogP contribution in [0.5, 0.6) is 0 Å². The highest BCUT2D eigenvalue weighted by Gasteiger charge is 2.45. The second kappa shape index (κ2) is 5.16. The Morgan fingerprint density at radius 2 is 1.22 bits per heavy atom. The van der Waals surface area contributed by atoms with E-state index in [9.17, 15) is 0 Å². The van der Waals surface area contributed by atoms with Gasteiger partial charge in [-0.2, -0.15) is 0 Å². The summed E-state index contributed by atoms with van der Waals surface area (Å²) in [5.74, 6) is 0. The molecule has 0 aliphatic heterocycles. The van der Waals surface area contributed by atoms with E-state index < -0.39 is 5.60 Å². The smallest absolute Gasteiger partial charge is 0.110 e. The van der Waals surface area contributed by atoms with E-state index in [4.69, 9.17) is 14.2 Å². The van der Waals surface area contributed by atoms with Crippen molar-refractivity contribution in [1.82, 2.24) is 0 Å². The quantitative estimate of drug-likeness (QED) is 0.721. The van der Waals surface area contributed by atoms with E-state index in [0.717, 1.165) is 5.57 Å². The van der Waals surface area contributed by atoms with Gasteiger partial charge in [0.05, 0.1) is 6.61 Å². The van der Waals surface area contributed by atoms with Crippen LogP contribution < -0.4 is 0 Å². The maximum absolute atomic E-state index is 5.78. The first-order valence-electron chi connectivity index (χ1n) is 6.28. The fourth-order valence-corrected chi connectivity index (χ4v) is 2.84. The second-order valence-corrected chi connectivity index (χ2v) is 5.26. The lowest BCUT2D eigenvalue weighted by Crippen LogP contribution is -2.46. The van der Waals surface area contributed by atoms with Crippen LogP contribution in [0.15, 0.2) is 22.3 Å². The Balaban J connectivity index is 3.51. The average molecular weight is 254 g/mol. The van der Waals surface area contributed by atoms with Crippen LogP contribution in [0.25, 0.3) is 0 Å². The van der Waals surface area contributed by atoms with Gasteiger partial charge in [-0.3, -0.25) is 0 Å². The molecule has 0 heterocycles. The molecule has 0 aromatic carbocycles. The van der Waals surface area contributed by atoms with Gasteiger partial charge in [0, 0.05) is 21.3 Å². The monoisotopic (exact) mass is 254 g/mol. The third-order valence-corrected chi connectivity index (χ3v) is 4.84. The molecule has 0 radical (unpaired) electrons. The predicted octanol–water partition coefficient (Wildman–Crippen LogP) is 3.11. The standard InChI is InChI=1S/C15H26O3/c1-10-11(2)15(5,18-8)13(9-16-6)12(3)14(10,4)17-7/h9H2,1-8H3. The van der Waals surface area contributed by atoms with Gasteiger partial charge in [0.15, 0.2) is 0 Å². The van der Waals surface area contributed by atoms with Gasteiger partial charge in [0.2, 0.25) is 0 Å². The Hall–Kier alpha value is -0.640. The first-order valence-corrected chi connectivity index (χ1v) is 6.28. The van der Waals surface area contributed by atoms with E-state index >= 15 is 0 Å². The minimum absolute atomic E-state index is 0.365. The van der Waals surface area contributed by atoms with Crippen LogP contribution in [-0.2, 0) is 14.2 Å². The lowest BCUT2D eigenvalue weighted by atomic mass is 9.70. The molecular weight excluding hydrogens is 228 g/mol. The van der Waals surface area contributed by atoms with Gasteiger partial charge in [0.25, 0.3) is 0 Å². The van der Waals surface area contributed by atoms with Crippen molar-refractivity contribution >= 4 is 0 Å². The minimum Gasteiger partial charge on any atom is -0.380 e. The topological polar surface area (TPSA) is 27.7 Å². The number of hydrogen-bond acceptors (Lipinski definition) is 3. The van der Waals surface area contributed by atoms with Gasteiger partial charge < -0.3 is 14.2 Å². The highest BCUT2D eigenvalue weighted by molar-refractivity contribution is 5.50. The molecule has 0 bridgehead atoms. The lowest BCUT2D eigenvalue weighted by molar-refractivity contribution is 0.0210. The van der Waals surface area contributed by atoms with Crippen LogP contribution in [-0.4, -0.2) is 39.1 Å². The molecule has 0 saturated carbocycles. The second-order valence-electron chi connectivity index (χ2n) is 5.26. The Morgan fingerprint density at radius 1 is 0.778 bits per heavy atom. The van der Waals surface area contributed by atoms with Gasteiger partial charge in [-0.05, 0) is 56.9 Å². The molecule has 2 unspecified atom stereocenters. The Bertz CT molecular complexity index is 395. The zero-order valence-corrected chi connectivity index (χ0v) is 12.9. The summed E-state index contributed by atoms with van der Waals surface area (Å²) in [6, 6.07) is 0. The van der Waals surface area contributed by atoms with Crippen molar-refractivity contribution in [3.63, 3.8) is 0 Å². The van der Waals surface area contributed by atoms with Crippen molar-refractivity contribution in [3.8, 4) is 0 Å². The van der Waals surface area contributed by atoms with Crippen molar-refractivity contribution in [3.05, 3.63) is 22.3 Å². The zero-order chi connectivity index (χ0) is 14.1. The highest BCUT2D eigenvalue weighted by Crippen LogP contribution is 2.46. The summed E-state index contributed by atoms with van der Waals surface area (Å²) in [5, 5.41) is 0. The third-order valence-electron chi connectivity index (χ3n) is 4.84. The fraction of sp³-hybridized carbons (Fsp3) is 0.733. The van der Waals surface area contributed by atoms with E-state index in [1.165, 1.54) is 16.7 Å². The molecule has 2 atom stereocenters. The van der Waals surface area contributed by atoms with E-state index in [2.05, 4.69) is 34.6 Å². The van der Waals surface area contributed by atoms with Crippen LogP contribution in [0.4, 0.5) is 0 Å². The molecule has 1 aliphatic rings. The number of methoxy groups -OCH3 is 3. The summed E-state index contributed by atoms with van der Waals surface area (Å²) in [7, 11) is 5.20. The molecule has 3 heteroatoms. The first-order chi connectivity index (χ1) is 8.29. The highest BCUT2D eigenvalue weighted by atomic mass is 16.5. The molecular formula is C15H26O3. The summed E-state index contributed by atoms with van der Waals surface area (Å²) in [6.45, 7) is 11.1. The molecule has 0 aromatic heterocycles. The fourth-order valence-electron chi connectivity index (χ4n) is 2.84. The molecule has 18 heavy (non-hydrogen) atoms. The number of rotatable bonds is 4. The van der Waals surface area contributed by atoms with Crippen LogP contribution in [0.3, 0.4) is 0 Å². The number of ether oxygens (including phenoxy) is 3. The molecule has 3 nitrogen and oxygen atoms in total. The van der Waals surface area contributed by atoms with E-state index in [1.807, 2.05) is 0 Å². The van der Waals surface area contributed by atoms with Gasteiger partial charge >= 0.3 is 0 Å². The van der Waals surface area contributed by atoms with E-state index in [0.29, 0.717) is 6.61 Å². The molecule has 1 rings (SSSR count). The van der Waals surface area contributed by atoms with Gasteiger partial charge in [-0.15, -0.1) is 0 Å². The molecule has 1 aliphatic carbocycles. The summed E-state index contributed by atoms with van der Waals surface area (Å²) >= 11 is 0. The third kappa shape index (κ3) is 1.94. The molecule has 0 spiro atoms. The largest absolute Gasteiger partial charge is 0.380 e. The minimum atomic E-state index is -0.401. The van der Waals surface area contributed by atoms with Crippen LogP contribution in [0, 0.1) is 0 Å². The van der Waals surface area contributed by atoms with Crippen molar-refractivity contribution in [1.29, 1.82) is 0 Å². The maximum Gasteiger partial charge on any atom is 0.110 e. The molecule has 104 valence electrons. The zero-order valence-electron chi connectivity index (χ0n) is 12.9. The normalized spacial score (nSPS) is 33.3. The number of hydrogen-bond donors (Lipinski definition) is 0. The molecule has 0 amide bonds. The van der Waals surface area contributed by atoms with Crippen molar-refractivity contribution in [2.75, 3.05) is 27.9 Å². The predicted molar refractivity (Wildman–Crippen MR) is 73.8 cm³/mol. The van der Waals surface area contributed by atoms with Crippen molar-refractivity contribution in [2.45, 2.75) is 45.8 Å². The van der Waals surface area contributed by atoms with Crippen LogP contribution >= 0.6 is 0 Å². The van der Waals surface area contributed by atoms with E-state index in [1.54, 1.807) is 21.3 Å².